The SMILES string of the molecule is C[C@@H](Oc1c(F)c(F)cc(F)c1F)C(=O)Nc1cc(Cl)ccc1Cl. The van der Waals surface area contributed by atoms with E-state index in [-0.39, 0.29) is 21.8 Å². The zero-order valence-corrected chi connectivity index (χ0v) is 13.5. The predicted octanol–water partition coefficient (Wildman–Crippen LogP) is 4.96. The van der Waals surface area contributed by atoms with Crippen molar-refractivity contribution in [3.8, 4) is 5.75 Å². The van der Waals surface area contributed by atoms with Crippen LogP contribution in [0.3, 0.4) is 0 Å². The number of carbonyl (C=O) groups is 1. The highest BCUT2D eigenvalue weighted by Gasteiger charge is 2.25. The van der Waals surface area contributed by atoms with Crippen LogP contribution in [-0.4, -0.2) is 12.0 Å². The number of ether oxygens (including phenoxy) is 1. The Morgan fingerprint density at radius 2 is 1.67 bits per heavy atom. The molecular weight excluding hydrogens is 373 g/mol. The van der Waals surface area contributed by atoms with Crippen LogP contribution in [0.1, 0.15) is 6.92 Å². The summed E-state index contributed by atoms with van der Waals surface area (Å²) in [6.07, 6.45) is -1.48. The Balaban J connectivity index is 2.20. The molecule has 0 heterocycles. The van der Waals surface area contributed by atoms with Crippen molar-refractivity contribution >= 4 is 34.8 Å². The number of rotatable bonds is 4. The van der Waals surface area contributed by atoms with E-state index in [1.54, 1.807) is 0 Å². The van der Waals surface area contributed by atoms with E-state index in [1.807, 2.05) is 0 Å². The van der Waals surface area contributed by atoms with Crippen LogP contribution in [0.2, 0.25) is 10.0 Å². The van der Waals surface area contributed by atoms with E-state index in [0.29, 0.717) is 0 Å². The number of hydrogen-bond acceptors (Lipinski definition) is 2. The van der Waals surface area contributed by atoms with Gasteiger partial charge in [0, 0.05) is 11.1 Å². The molecule has 9 heteroatoms. The van der Waals surface area contributed by atoms with Crippen molar-refractivity contribution in [2.45, 2.75) is 13.0 Å². The second-order valence-electron chi connectivity index (χ2n) is 4.67. The molecule has 0 spiro atoms. The minimum Gasteiger partial charge on any atom is -0.475 e. The average molecular weight is 382 g/mol. The summed E-state index contributed by atoms with van der Waals surface area (Å²) in [7, 11) is 0. The van der Waals surface area contributed by atoms with Crippen molar-refractivity contribution < 1.29 is 27.1 Å². The fourth-order valence-electron chi connectivity index (χ4n) is 1.71. The van der Waals surface area contributed by atoms with Gasteiger partial charge in [0.1, 0.15) is 0 Å². The number of benzene rings is 2. The molecule has 0 unspecified atom stereocenters. The topological polar surface area (TPSA) is 38.3 Å². The number of anilines is 1. The van der Waals surface area contributed by atoms with Gasteiger partial charge in [-0.25, -0.2) is 8.78 Å². The van der Waals surface area contributed by atoms with Crippen LogP contribution in [-0.2, 0) is 4.79 Å². The van der Waals surface area contributed by atoms with Gasteiger partial charge in [0.05, 0.1) is 10.7 Å². The smallest absolute Gasteiger partial charge is 0.265 e. The van der Waals surface area contributed by atoms with Gasteiger partial charge in [0.2, 0.25) is 11.6 Å². The molecule has 0 saturated carbocycles. The van der Waals surface area contributed by atoms with Gasteiger partial charge in [-0.1, -0.05) is 23.2 Å². The van der Waals surface area contributed by atoms with E-state index >= 15 is 0 Å². The number of amides is 1. The maximum absolute atomic E-state index is 13.5. The lowest BCUT2D eigenvalue weighted by Gasteiger charge is -2.16. The molecule has 1 atom stereocenters. The van der Waals surface area contributed by atoms with Gasteiger partial charge >= 0.3 is 0 Å². The van der Waals surface area contributed by atoms with Gasteiger partial charge < -0.3 is 10.1 Å². The zero-order chi connectivity index (χ0) is 18.0. The van der Waals surface area contributed by atoms with Crippen molar-refractivity contribution in [2.24, 2.45) is 0 Å². The number of hydrogen-bond donors (Lipinski definition) is 1. The van der Waals surface area contributed by atoms with Crippen LogP contribution in [0.5, 0.6) is 5.75 Å². The molecule has 1 amide bonds. The first-order valence-electron chi connectivity index (χ1n) is 6.46. The molecule has 24 heavy (non-hydrogen) atoms. The summed E-state index contributed by atoms with van der Waals surface area (Å²) < 4.78 is 58.0. The Bertz CT molecular complexity index is 775. The monoisotopic (exact) mass is 381 g/mol. The Hall–Kier alpha value is -1.99. The first-order chi connectivity index (χ1) is 11.2. The van der Waals surface area contributed by atoms with Gasteiger partial charge in [-0.2, -0.15) is 8.78 Å². The maximum Gasteiger partial charge on any atom is 0.265 e. The molecule has 0 aliphatic rings. The summed E-state index contributed by atoms with van der Waals surface area (Å²) >= 11 is 11.6. The molecule has 1 N–H and O–H groups in total. The molecule has 0 bridgehead atoms. The van der Waals surface area contributed by atoms with Gasteiger partial charge in [0.15, 0.2) is 23.5 Å². The molecule has 0 fully saturated rings. The number of nitrogens with one attached hydrogen (secondary N) is 1. The van der Waals surface area contributed by atoms with Gasteiger partial charge in [0.25, 0.3) is 5.91 Å². The second kappa shape index (κ2) is 7.27. The van der Waals surface area contributed by atoms with Gasteiger partial charge in [-0.15, -0.1) is 0 Å². The van der Waals surface area contributed by atoms with Crippen molar-refractivity contribution in [3.05, 3.63) is 57.6 Å². The summed E-state index contributed by atoms with van der Waals surface area (Å²) in [5.74, 6) is -8.96. The largest absolute Gasteiger partial charge is 0.475 e. The highest BCUT2D eigenvalue weighted by Crippen LogP contribution is 2.28. The van der Waals surface area contributed by atoms with Crippen LogP contribution in [0.25, 0.3) is 0 Å². The fraction of sp³-hybridized carbons (Fsp3) is 0.133. The lowest BCUT2D eigenvalue weighted by atomic mass is 10.2. The molecule has 0 saturated heterocycles. The molecular formula is C15H9Cl2F4NO2. The minimum absolute atomic E-state index is 0.0357. The lowest BCUT2D eigenvalue weighted by molar-refractivity contribution is -0.122. The van der Waals surface area contributed by atoms with Crippen LogP contribution < -0.4 is 10.1 Å². The number of halogens is 6. The van der Waals surface area contributed by atoms with E-state index in [1.165, 1.54) is 18.2 Å². The second-order valence-corrected chi connectivity index (χ2v) is 5.51. The first kappa shape index (κ1) is 18.4. The predicted molar refractivity (Wildman–Crippen MR) is 81.5 cm³/mol. The molecule has 2 rings (SSSR count). The summed E-state index contributed by atoms with van der Waals surface area (Å²) in [4.78, 5) is 12.0. The summed E-state index contributed by atoms with van der Waals surface area (Å²) in [5, 5.41) is 2.77. The highest BCUT2D eigenvalue weighted by atomic mass is 35.5. The molecule has 0 aliphatic carbocycles. The van der Waals surface area contributed by atoms with E-state index < -0.39 is 41.0 Å². The van der Waals surface area contributed by atoms with Crippen molar-refractivity contribution in [3.63, 3.8) is 0 Å². The Morgan fingerprint density at radius 1 is 1.08 bits per heavy atom. The molecule has 3 nitrogen and oxygen atoms in total. The number of carbonyl (C=O) groups excluding carboxylic acids is 1. The van der Waals surface area contributed by atoms with Crippen molar-refractivity contribution in [1.82, 2.24) is 0 Å². The first-order valence-corrected chi connectivity index (χ1v) is 7.22. The summed E-state index contributed by atoms with van der Waals surface area (Å²) in [6.45, 7) is 1.13. The van der Waals surface area contributed by atoms with E-state index in [4.69, 9.17) is 27.9 Å². The standard InChI is InChI=1S/C15H9Cl2F4NO2/c1-6(15(23)22-11-4-7(16)2-3-8(11)17)24-14-12(20)9(18)5-10(19)13(14)21/h2-6H,1H3,(H,22,23)/t6-/m1/s1. The maximum atomic E-state index is 13.5. The molecule has 2 aromatic rings. The average Bonchev–Trinajstić information content (AvgIpc) is 2.52. The van der Waals surface area contributed by atoms with Crippen LogP contribution in [0.15, 0.2) is 24.3 Å². The van der Waals surface area contributed by atoms with E-state index in [9.17, 15) is 22.4 Å². The summed E-state index contributed by atoms with van der Waals surface area (Å²) in [5.41, 5.74) is 0.135. The molecule has 2 aromatic carbocycles. The zero-order valence-electron chi connectivity index (χ0n) is 12.0. The Morgan fingerprint density at radius 3 is 2.25 bits per heavy atom. The molecule has 0 aromatic heterocycles. The molecule has 0 aliphatic heterocycles. The molecule has 128 valence electrons. The third-order valence-electron chi connectivity index (χ3n) is 2.92. The van der Waals surface area contributed by atoms with Crippen LogP contribution in [0, 0.1) is 23.3 Å². The molecule has 0 radical (unpaired) electrons. The van der Waals surface area contributed by atoms with Crippen LogP contribution in [0.4, 0.5) is 23.2 Å². The van der Waals surface area contributed by atoms with Gasteiger partial charge in [-0.3, -0.25) is 4.79 Å². The van der Waals surface area contributed by atoms with E-state index in [0.717, 1.165) is 6.92 Å². The minimum atomic E-state index is -1.74. The lowest BCUT2D eigenvalue weighted by Crippen LogP contribution is -2.31. The Labute approximate surface area is 144 Å². The van der Waals surface area contributed by atoms with Crippen LogP contribution >= 0.6 is 23.2 Å². The fourth-order valence-corrected chi connectivity index (χ4v) is 2.05. The normalized spacial score (nSPS) is 12.0. The highest BCUT2D eigenvalue weighted by molar-refractivity contribution is 6.35. The third kappa shape index (κ3) is 3.91. The van der Waals surface area contributed by atoms with Gasteiger partial charge in [-0.05, 0) is 25.1 Å². The van der Waals surface area contributed by atoms with E-state index in [2.05, 4.69) is 5.32 Å². The third-order valence-corrected chi connectivity index (χ3v) is 3.49. The summed E-state index contributed by atoms with van der Waals surface area (Å²) in [6, 6.07) is 4.29. The van der Waals surface area contributed by atoms with Crippen molar-refractivity contribution in [1.29, 1.82) is 0 Å². The Kier molecular flexibility index (Phi) is 5.56. The van der Waals surface area contributed by atoms with Crippen molar-refractivity contribution in [2.75, 3.05) is 5.32 Å². The quantitative estimate of drug-likeness (QED) is 0.600.